The maximum atomic E-state index is 3.37. The molecule has 0 saturated carbocycles. The van der Waals surface area contributed by atoms with Gasteiger partial charge in [0.05, 0.1) is 10.4 Å². The first-order chi connectivity index (χ1) is 11.9. The lowest BCUT2D eigenvalue weighted by Crippen LogP contribution is -2.09. The molecule has 0 bridgehead atoms. The molecule has 0 unspecified atom stereocenters. The Morgan fingerprint density at radius 3 is 0.917 bits per heavy atom. The summed E-state index contributed by atoms with van der Waals surface area (Å²) < 4.78 is 0. The van der Waals surface area contributed by atoms with Crippen molar-refractivity contribution in [2.45, 2.75) is 135 Å². The Balaban J connectivity index is 2.93. The molecule has 0 aliphatic carbocycles. The highest BCUT2D eigenvalue weighted by atomic mass is 28.2. The lowest BCUT2D eigenvalue weighted by atomic mass is 10.0. The van der Waals surface area contributed by atoms with E-state index in [9.17, 15) is 0 Å². The highest BCUT2D eigenvalue weighted by Gasteiger charge is 1.95. The zero-order chi connectivity index (χ0) is 17.6. The van der Waals surface area contributed by atoms with Gasteiger partial charge in [-0.2, -0.15) is 0 Å². The van der Waals surface area contributed by atoms with Crippen LogP contribution >= 0.6 is 0 Å². The van der Waals surface area contributed by atoms with Crippen LogP contribution in [0.2, 0.25) is 0 Å². The molecule has 0 fully saturated rings. The number of hydrogen-bond acceptors (Lipinski definition) is 1. The summed E-state index contributed by atoms with van der Waals surface area (Å²) >= 11 is 0. The molecule has 146 valence electrons. The van der Waals surface area contributed by atoms with Crippen molar-refractivity contribution in [2.75, 3.05) is 6.54 Å². The van der Waals surface area contributed by atoms with Gasteiger partial charge in [0.15, 0.2) is 0 Å². The molecular formula is C22H49NSi. The van der Waals surface area contributed by atoms with Crippen LogP contribution in [-0.4, -0.2) is 16.9 Å². The molecule has 1 nitrogen and oxygen atoms in total. The van der Waals surface area contributed by atoms with Crippen LogP contribution in [-0.2, 0) is 0 Å². The second kappa shape index (κ2) is 23.2. The SMILES string of the molecule is CCCCCCCCCCCCCCCCCCCCCCN[SiH3]. The van der Waals surface area contributed by atoms with Crippen molar-refractivity contribution in [2.24, 2.45) is 0 Å². The van der Waals surface area contributed by atoms with E-state index in [0.29, 0.717) is 0 Å². The van der Waals surface area contributed by atoms with Gasteiger partial charge in [0.25, 0.3) is 0 Å². The largest absolute Gasteiger partial charge is 0.345 e. The van der Waals surface area contributed by atoms with Gasteiger partial charge in [-0.1, -0.05) is 129 Å². The van der Waals surface area contributed by atoms with Gasteiger partial charge in [-0.15, -0.1) is 0 Å². The number of hydrogen-bond donors (Lipinski definition) is 1. The van der Waals surface area contributed by atoms with Crippen molar-refractivity contribution in [3.8, 4) is 0 Å². The molecule has 0 saturated heterocycles. The summed E-state index contributed by atoms with van der Waals surface area (Å²) in [7, 11) is 1.16. The molecule has 0 atom stereocenters. The summed E-state index contributed by atoms with van der Waals surface area (Å²) in [5.74, 6) is 0. The lowest BCUT2D eigenvalue weighted by Gasteiger charge is -2.04. The van der Waals surface area contributed by atoms with Crippen LogP contribution in [0.15, 0.2) is 0 Å². The molecule has 2 heteroatoms. The molecule has 0 spiro atoms. The Bertz CT molecular complexity index is 186. The molecule has 0 aromatic carbocycles. The average Bonchev–Trinajstić information content (AvgIpc) is 2.60. The zero-order valence-corrected chi connectivity index (χ0v) is 19.3. The number of nitrogens with one attached hydrogen (secondary N) is 1. The van der Waals surface area contributed by atoms with Crippen molar-refractivity contribution in [3.05, 3.63) is 0 Å². The normalized spacial score (nSPS) is 11.4. The zero-order valence-electron chi connectivity index (χ0n) is 17.3. The second-order valence-corrected chi connectivity index (χ2v) is 8.53. The summed E-state index contributed by atoms with van der Waals surface area (Å²) in [6.07, 6.45) is 29.4. The van der Waals surface area contributed by atoms with Gasteiger partial charge < -0.3 is 4.98 Å². The lowest BCUT2D eigenvalue weighted by molar-refractivity contribution is 0.521. The van der Waals surface area contributed by atoms with Gasteiger partial charge in [0.2, 0.25) is 0 Å². The maximum Gasteiger partial charge on any atom is 0.0749 e. The van der Waals surface area contributed by atoms with Crippen molar-refractivity contribution < 1.29 is 0 Å². The average molecular weight is 356 g/mol. The summed E-state index contributed by atoms with van der Waals surface area (Å²) in [6.45, 7) is 3.56. The smallest absolute Gasteiger partial charge is 0.0749 e. The van der Waals surface area contributed by atoms with Gasteiger partial charge in [-0.05, 0) is 13.0 Å². The Kier molecular flexibility index (Phi) is 23.3. The van der Waals surface area contributed by atoms with E-state index < -0.39 is 0 Å². The van der Waals surface area contributed by atoms with Gasteiger partial charge in [-0.25, -0.2) is 0 Å². The van der Waals surface area contributed by atoms with Gasteiger partial charge in [0.1, 0.15) is 0 Å². The fraction of sp³-hybridized carbons (Fsp3) is 1.00. The van der Waals surface area contributed by atoms with Gasteiger partial charge in [-0.3, -0.25) is 0 Å². The molecule has 0 aliphatic heterocycles. The van der Waals surface area contributed by atoms with Crippen LogP contribution in [0.25, 0.3) is 0 Å². The van der Waals surface area contributed by atoms with Crippen LogP contribution in [0.5, 0.6) is 0 Å². The van der Waals surface area contributed by atoms with Crippen LogP contribution in [0.3, 0.4) is 0 Å². The summed E-state index contributed by atoms with van der Waals surface area (Å²) in [4.78, 5) is 3.37. The highest BCUT2D eigenvalue weighted by molar-refractivity contribution is 6.04. The van der Waals surface area contributed by atoms with E-state index in [1.807, 2.05) is 0 Å². The molecule has 0 rings (SSSR count). The first kappa shape index (κ1) is 24.2. The molecule has 0 aliphatic rings. The van der Waals surface area contributed by atoms with E-state index in [4.69, 9.17) is 0 Å². The molecule has 0 amide bonds. The predicted molar refractivity (Wildman–Crippen MR) is 116 cm³/mol. The van der Waals surface area contributed by atoms with Gasteiger partial charge >= 0.3 is 0 Å². The molecule has 0 aromatic rings. The predicted octanol–water partition coefficient (Wildman–Crippen LogP) is 6.68. The minimum Gasteiger partial charge on any atom is -0.345 e. The minimum atomic E-state index is 1.16. The quantitative estimate of drug-likeness (QED) is 0.179. The highest BCUT2D eigenvalue weighted by Crippen LogP contribution is 2.14. The van der Waals surface area contributed by atoms with Crippen molar-refractivity contribution in [1.82, 2.24) is 4.98 Å². The van der Waals surface area contributed by atoms with E-state index in [2.05, 4.69) is 11.9 Å². The maximum absolute atomic E-state index is 3.37. The summed E-state index contributed by atoms with van der Waals surface area (Å²) in [5.41, 5.74) is 0. The third-order valence-electron chi connectivity index (χ3n) is 5.28. The van der Waals surface area contributed by atoms with Crippen molar-refractivity contribution >= 4 is 10.4 Å². The van der Waals surface area contributed by atoms with E-state index in [1.165, 1.54) is 135 Å². The van der Waals surface area contributed by atoms with Crippen LogP contribution in [0, 0.1) is 0 Å². The fourth-order valence-electron chi connectivity index (χ4n) is 3.56. The Hall–Kier alpha value is 0.177. The fourth-order valence-corrected chi connectivity index (χ4v) is 3.91. The molecule has 0 heterocycles. The first-order valence-corrected chi connectivity index (χ1v) is 12.6. The van der Waals surface area contributed by atoms with E-state index >= 15 is 0 Å². The van der Waals surface area contributed by atoms with Crippen LogP contribution in [0.4, 0.5) is 0 Å². The van der Waals surface area contributed by atoms with E-state index in [-0.39, 0.29) is 0 Å². The molecule has 1 N–H and O–H groups in total. The first-order valence-electron chi connectivity index (χ1n) is 11.6. The van der Waals surface area contributed by atoms with Crippen LogP contribution < -0.4 is 4.98 Å². The molecule has 0 radical (unpaired) electrons. The van der Waals surface area contributed by atoms with Crippen molar-refractivity contribution in [3.63, 3.8) is 0 Å². The third-order valence-corrected chi connectivity index (χ3v) is 5.78. The third kappa shape index (κ3) is 22.2. The number of unbranched alkanes of at least 4 members (excludes halogenated alkanes) is 19. The molecular weight excluding hydrogens is 306 g/mol. The summed E-state index contributed by atoms with van der Waals surface area (Å²) in [5, 5.41) is 0. The second-order valence-electron chi connectivity index (χ2n) is 7.82. The Morgan fingerprint density at radius 2 is 0.667 bits per heavy atom. The summed E-state index contributed by atoms with van der Waals surface area (Å²) in [6, 6.07) is 0. The Labute approximate surface area is 157 Å². The minimum absolute atomic E-state index is 1.16. The number of rotatable bonds is 21. The molecule has 0 aromatic heterocycles. The van der Waals surface area contributed by atoms with E-state index in [0.717, 1.165) is 10.4 Å². The van der Waals surface area contributed by atoms with Crippen molar-refractivity contribution in [1.29, 1.82) is 0 Å². The standard InChI is InChI=1S/C22H49NSi/c1-2-3-4-5-6-7-8-9-10-11-12-13-14-15-16-17-18-19-20-21-22-23-24/h23H,2-22H2,1,24H3. The molecule has 24 heavy (non-hydrogen) atoms. The van der Waals surface area contributed by atoms with E-state index in [1.54, 1.807) is 0 Å². The topological polar surface area (TPSA) is 12.0 Å². The Morgan fingerprint density at radius 1 is 0.417 bits per heavy atom. The van der Waals surface area contributed by atoms with Crippen LogP contribution in [0.1, 0.15) is 135 Å². The monoisotopic (exact) mass is 355 g/mol. The van der Waals surface area contributed by atoms with Gasteiger partial charge in [0, 0.05) is 0 Å².